The number of methoxy groups -OCH3 is 1. The molecule has 0 radical (unpaired) electrons. The number of nitrogens with one attached hydrogen (secondary N) is 2. The Labute approximate surface area is 134 Å². The lowest BCUT2D eigenvalue weighted by molar-refractivity contribution is -0.121. The Bertz CT molecular complexity index is 435. The highest BCUT2D eigenvalue weighted by molar-refractivity contribution is 5.76. The Hall–Kier alpha value is -1.39. The molecule has 0 aliphatic rings. The van der Waals surface area contributed by atoms with E-state index >= 15 is 0 Å². The lowest BCUT2D eigenvalue weighted by Crippen LogP contribution is -2.33. The van der Waals surface area contributed by atoms with Crippen LogP contribution in [0.2, 0.25) is 0 Å². The number of rotatable bonds is 9. The molecule has 124 valence electrons. The first-order chi connectivity index (χ1) is 10.4. The van der Waals surface area contributed by atoms with E-state index in [1.165, 1.54) is 11.1 Å². The van der Waals surface area contributed by atoms with Crippen LogP contribution in [0.15, 0.2) is 24.3 Å². The fraction of sp³-hybridized carbons (Fsp3) is 0.611. The van der Waals surface area contributed by atoms with E-state index in [2.05, 4.69) is 55.7 Å². The summed E-state index contributed by atoms with van der Waals surface area (Å²) in [6.07, 6.45) is 1.32. The van der Waals surface area contributed by atoms with Crippen molar-refractivity contribution in [1.82, 2.24) is 10.6 Å². The van der Waals surface area contributed by atoms with Crippen molar-refractivity contribution in [1.29, 1.82) is 0 Å². The van der Waals surface area contributed by atoms with Crippen molar-refractivity contribution in [3.05, 3.63) is 35.4 Å². The summed E-state index contributed by atoms with van der Waals surface area (Å²) in [6, 6.07) is 8.57. The van der Waals surface area contributed by atoms with Crippen LogP contribution in [0, 0.1) is 0 Å². The summed E-state index contributed by atoms with van der Waals surface area (Å²) in [4.78, 5) is 11.8. The Balaban J connectivity index is 2.21. The zero-order valence-corrected chi connectivity index (χ0v) is 14.4. The van der Waals surface area contributed by atoms with Crippen LogP contribution in [0.25, 0.3) is 0 Å². The van der Waals surface area contributed by atoms with Gasteiger partial charge in [-0.2, -0.15) is 0 Å². The van der Waals surface area contributed by atoms with E-state index in [-0.39, 0.29) is 11.3 Å². The maximum Gasteiger partial charge on any atom is 0.220 e. The Morgan fingerprint density at radius 2 is 1.77 bits per heavy atom. The summed E-state index contributed by atoms with van der Waals surface area (Å²) in [5, 5.41) is 6.12. The molecular formula is C18H30N2O2. The quantitative estimate of drug-likeness (QED) is 0.688. The molecule has 1 aromatic carbocycles. The number of carbonyl (C=O) groups excluding carboxylic acids is 1. The average Bonchev–Trinajstić information content (AvgIpc) is 2.48. The van der Waals surface area contributed by atoms with Gasteiger partial charge in [-0.05, 0) is 23.0 Å². The highest BCUT2D eigenvalue weighted by Gasteiger charge is 2.12. The first kappa shape index (κ1) is 18.7. The SMILES string of the molecule is COCCNCCNC(=O)CCc1ccc(C(C)(C)C)cc1. The van der Waals surface area contributed by atoms with Crippen molar-refractivity contribution in [2.75, 3.05) is 33.4 Å². The van der Waals surface area contributed by atoms with Gasteiger partial charge in [0.15, 0.2) is 0 Å². The van der Waals surface area contributed by atoms with E-state index in [9.17, 15) is 4.79 Å². The van der Waals surface area contributed by atoms with Crippen LogP contribution in [0.4, 0.5) is 0 Å². The molecule has 1 amide bonds. The second-order valence-electron chi connectivity index (χ2n) is 6.54. The van der Waals surface area contributed by atoms with E-state index in [0.717, 1.165) is 19.5 Å². The van der Waals surface area contributed by atoms with E-state index in [1.807, 2.05) is 0 Å². The number of hydrogen-bond acceptors (Lipinski definition) is 3. The summed E-state index contributed by atoms with van der Waals surface area (Å²) in [6.45, 7) is 9.55. The molecule has 0 aromatic heterocycles. The number of ether oxygens (including phenoxy) is 1. The number of amides is 1. The molecule has 0 heterocycles. The van der Waals surface area contributed by atoms with Gasteiger partial charge in [-0.15, -0.1) is 0 Å². The van der Waals surface area contributed by atoms with Crippen molar-refractivity contribution in [2.24, 2.45) is 0 Å². The maximum absolute atomic E-state index is 11.8. The minimum atomic E-state index is 0.105. The van der Waals surface area contributed by atoms with Gasteiger partial charge < -0.3 is 15.4 Å². The number of aryl methyl sites for hydroxylation is 1. The lowest BCUT2D eigenvalue weighted by Gasteiger charge is -2.19. The first-order valence-electron chi connectivity index (χ1n) is 7.99. The minimum Gasteiger partial charge on any atom is -0.383 e. The molecule has 0 saturated heterocycles. The van der Waals surface area contributed by atoms with Crippen molar-refractivity contribution in [3.63, 3.8) is 0 Å². The molecule has 4 heteroatoms. The van der Waals surface area contributed by atoms with E-state index in [4.69, 9.17) is 4.74 Å². The summed E-state index contributed by atoms with van der Waals surface area (Å²) in [5.74, 6) is 0.105. The van der Waals surface area contributed by atoms with Gasteiger partial charge in [0.2, 0.25) is 5.91 Å². The maximum atomic E-state index is 11.8. The van der Waals surface area contributed by atoms with Gasteiger partial charge in [0.25, 0.3) is 0 Å². The summed E-state index contributed by atoms with van der Waals surface area (Å²) in [5.41, 5.74) is 2.70. The third-order valence-corrected chi connectivity index (χ3v) is 3.57. The third-order valence-electron chi connectivity index (χ3n) is 3.57. The molecule has 0 spiro atoms. The largest absolute Gasteiger partial charge is 0.383 e. The summed E-state index contributed by atoms with van der Waals surface area (Å²) < 4.78 is 4.94. The van der Waals surface area contributed by atoms with Gasteiger partial charge in [0, 0.05) is 33.2 Å². The standard InChI is InChI=1S/C18H30N2O2/c1-18(2,3)16-8-5-15(6-9-16)7-10-17(21)20-12-11-19-13-14-22-4/h5-6,8-9,19H,7,10-14H2,1-4H3,(H,20,21). The van der Waals surface area contributed by atoms with Crippen molar-refractivity contribution in [2.45, 2.75) is 39.0 Å². The minimum absolute atomic E-state index is 0.105. The van der Waals surface area contributed by atoms with Crippen molar-refractivity contribution >= 4 is 5.91 Å². The molecule has 2 N–H and O–H groups in total. The van der Waals surface area contributed by atoms with Gasteiger partial charge >= 0.3 is 0 Å². The van der Waals surface area contributed by atoms with E-state index in [1.54, 1.807) is 7.11 Å². The smallest absolute Gasteiger partial charge is 0.220 e. The molecule has 0 aliphatic carbocycles. The van der Waals surface area contributed by atoms with E-state index < -0.39 is 0 Å². The molecule has 0 atom stereocenters. The number of hydrogen-bond donors (Lipinski definition) is 2. The highest BCUT2D eigenvalue weighted by atomic mass is 16.5. The molecule has 0 saturated carbocycles. The molecule has 0 unspecified atom stereocenters. The van der Waals surface area contributed by atoms with Gasteiger partial charge in [-0.25, -0.2) is 0 Å². The van der Waals surface area contributed by atoms with Crippen molar-refractivity contribution < 1.29 is 9.53 Å². The molecule has 4 nitrogen and oxygen atoms in total. The fourth-order valence-electron chi connectivity index (χ4n) is 2.11. The highest BCUT2D eigenvalue weighted by Crippen LogP contribution is 2.22. The predicted molar refractivity (Wildman–Crippen MR) is 91.2 cm³/mol. The van der Waals surface area contributed by atoms with Crippen LogP contribution >= 0.6 is 0 Å². The van der Waals surface area contributed by atoms with Gasteiger partial charge in [0.1, 0.15) is 0 Å². The lowest BCUT2D eigenvalue weighted by atomic mass is 9.86. The monoisotopic (exact) mass is 306 g/mol. The van der Waals surface area contributed by atoms with Crippen LogP contribution in [0.3, 0.4) is 0 Å². The Morgan fingerprint density at radius 3 is 2.36 bits per heavy atom. The number of carbonyl (C=O) groups is 1. The predicted octanol–water partition coefficient (Wildman–Crippen LogP) is 2.27. The van der Waals surface area contributed by atoms with Crippen LogP contribution in [0.1, 0.15) is 38.3 Å². The molecule has 1 aromatic rings. The second kappa shape index (κ2) is 9.59. The zero-order chi connectivity index (χ0) is 16.4. The Morgan fingerprint density at radius 1 is 1.09 bits per heavy atom. The Kier molecular flexibility index (Phi) is 8.13. The topological polar surface area (TPSA) is 50.4 Å². The van der Waals surface area contributed by atoms with Gasteiger partial charge in [-0.3, -0.25) is 4.79 Å². The van der Waals surface area contributed by atoms with Gasteiger partial charge in [0.05, 0.1) is 6.61 Å². The molecule has 0 aliphatic heterocycles. The first-order valence-corrected chi connectivity index (χ1v) is 7.99. The van der Waals surface area contributed by atoms with Crippen LogP contribution in [-0.2, 0) is 21.4 Å². The molecular weight excluding hydrogens is 276 g/mol. The van der Waals surface area contributed by atoms with Gasteiger partial charge in [-0.1, -0.05) is 45.0 Å². The second-order valence-corrected chi connectivity index (χ2v) is 6.54. The number of benzene rings is 1. The zero-order valence-electron chi connectivity index (χ0n) is 14.4. The molecule has 1 rings (SSSR count). The van der Waals surface area contributed by atoms with Crippen molar-refractivity contribution in [3.8, 4) is 0 Å². The molecule has 0 fully saturated rings. The van der Waals surface area contributed by atoms with Crippen LogP contribution in [0.5, 0.6) is 0 Å². The third kappa shape index (κ3) is 7.57. The summed E-state index contributed by atoms with van der Waals surface area (Å²) >= 11 is 0. The molecule has 0 bridgehead atoms. The molecule has 22 heavy (non-hydrogen) atoms. The average molecular weight is 306 g/mol. The fourth-order valence-corrected chi connectivity index (χ4v) is 2.11. The summed E-state index contributed by atoms with van der Waals surface area (Å²) in [7, 11) is 1.68. The van der Waals surface area contributed by atoms with E-state index in [0.29, 0.717) is 19.6 Å². The van der Waals surface area contributed by atoms with Crippen LogP contribution in [-0.4, -0.2) is 39.3 Å². The normalized spacial score (nSPS) is 11.5. The van der Waals surface area contributed by atoms with Crippen LogP contribution < -0.4 is 10.6 Å².